The molecule has 18 heavy (non-hydrogen) atoms. The second-order valence-corrected chi connectivity index (χ2v) is 3.93. The molecule has 0 aliphatic heterocycles. The smallest absolute Gasteiger partial charge is 0.268 e. The Hall–Kier alpha value is -1.33. The van der Waals surface area contributed by atoms with Crippen molar-refractivity contribution in [1.82, 2.24) is 10.3 Å². The number of amides is 1. The molecular weight excluding hydrogens is 254 g/mol. The van der Waals surface area contributed by atoms with Gasteiger partial charge in [-0.15, -0.1) is 12.4 Å². The van der Waals surface area contributed by atoms with Gasteiger partial charge >= 0.3 is 0 Å². The third kappa shape index (κ3) is 3.34. The van der Waals surface area contributed by atoms with Gasteiger partial charge in [0, 0.05) is 24.3 Å². The van der Waals surface area contributed by atoms with Crippen molar-refractivity contribution < 1.29 is 9.59 Å². The minimum absolute atomic E-state index is 0. The van der Waals surface area contributed by atoms with Crippen molar-refractivity contribution in [3.8, 4) is 0 Å². The van der Waals surface area contributed by atoms with Crippen molar-refractivity contribution >= 4 is 24.1 Å². The van der Waals surface area contributed by atoms with Gasteiger partial charge in [0.1, 0.15) is 5.69 Å². The highest BCUT2D eigenvalue weighted by atomic mass is 35.5. The lowest BCUT2D eigenvalue weighted by atomic mass is 10.0. The van der Waals surface area contributed by atoms with Crippen LogP contribution in [0.5, 0.6) is 0 Å². The van der Waals surface area contributed by atoms with Gasteiger partial charge in [0.25, 0.3) is 5.91 Å². The summed E-state index contributed by atoms with van der Waals surface area (Å²) < 4.78 is 0. The van der Waals surface area contributed by atoms with Crippen molar-refractivity contribution in [3.05, 3.63) is 22.5 Å². The molecule has 4 N–H and O–H groups in total. The lowest BCUT2D eigenvalue weighted by molar-refractivity contribution is 0.0949. The first-order valence-corrected chi connectivity index (χ1v) is 5.73. The molecule has 0 unspecified atom stereocenters. The number of rotatable bonds is 5. The Balaban J connectivity index is 0.00000289. The molecule has 0 aliphatic rings. The van der Waals surface area contributed by atoms with Gasteiger partial charge in [-0.25, -0.2) is 0 Å². The Morgan fingerprint density at radius 2 is 2.00 bits per heavy atom. The lowest BCUT2D eigenvalue weighted by Crippen LogP contribution is -2.30. The zero-order valence-corrected chi connectivity index (χ0v) is 11.7. The second-order valence-electron chi connectivity index (χ2n) is 3.93. The van der Waals surface area contributed by atoms with Crippen LogP contribution in [-0.2, 0) is 6.42 Å². The number of nitrogens with one attached hydrogen (secondary N) is 2. The quantitative estimate of drug-likeness (QED) is 0.705. The predicted molar refractivity (Wildman–Crippen MR) is 73.5 cm³/mol. The topological polar surface area (TPSA) is 88.0 Å². The number of ketones is 1. The maximum atomic E-state index is 11.9. The van der Waals surface area contributed by atoms with Crippen molar-refractivity contribution in [2.24, 2.45) is 5.73 Å². The first-order chi connectivity index (χ1) is 8.02. The van der Waals surface area contributed by atoms with Crippen LogP contribution < -0.4 is 11.1 Å². The summed E-state index contributed by atoms with van der Waals surface area (Å²) in [6.07, 6.45) is 0.643. The van der Waals surface area contributed by atoms with Gasteiger partial charge in [0.15, 0.2) is 5.78 Å². The van der Waals surface area contributed by atoms with Crippen molar-refractivity contribution in [2.75, 3.05) is 13.1 Å². The van der Waals surface area contributed by atoms with Crippen LogP contribution in [0.15, 0.2) is 0 Å². The maximum Gasteiger partial charge on any atom is 0.268 e. The molecule has 1 aromatic heterocycles. The van der Waals surface area contributed by atoms with Gasteiger partial charge in [-0.2, -0.15) is 0 Å². The first kappa shape index (κ1) is 16.7. The molecule has 0 saturated heterocycles. The Labute approximate surface area is 113 Å². The molecule has 0 fully saturated rings. The van der Waals surface area contributed by atoms with Gasteiger partial charge in [-0.05, 0) is 25.8 Å². The van der Waals surface area contributed by atoms with Crippen molar-refractivity contribution in [1.29, 1.82) is 0 Å². The van der Waals surface area contributed by atoms with Gasteiger partial charge in [-0.1, -0.05) is 6.92 Å². The average molecular weight is 274 g/mol. The number of hydrogen-bond donors (Lipinski definition) is 3. The van der Waals surface area contributed by atoms with E-state index < -0.39 is 0 Å². The Morgan fingerprint density at radius 3 is 2.44 bits per heavy atom. The average Bonchev–Trinajstić information content (AvgIpc) is 2.62. The first-order valence-electron chi connectivity index (χ1n) is 5.73. The van der Waals surface area contributed by atoms with Gasteiger partial charge < -0.3 is 16.0 Å². The summed E-state index contributed by atoms with van der Waals surface area (Å²) in [5, 5.41) is 2.70. The minimum Gasteiger partial charge on any atom is -0.354 e. The van der Waals surface area contributed by atoms with Crippen LogP contribution in [0.25, 0.3) is 0 Å². The van der Waals surface area contributed by atoms with E-state index in [2.05, 4.69) is 10.3 Å². The molecule has 1 heterocycles. The molecule has 0 saturated carbocycles. The third-order valence-corrected chi connectivity index (χ3v) is 2.65. The molecule has 1 amide bonds. The second kappa shape index (κ2) is 7.18. The van der Waals surface area contributed by atoms with E-state index in [1.165, 1.54) is 6.92 Å². The molecule has 5 nitrogen and oxygen atoms in total. The van der Waals surface area contributed by atoms with E-state index in [9.17, 15) is 9.59 Å². The standard InChI is InChI=1S/C12H19N3O2.ClH/c1-4-9-10(8(3)16)7(2)15-11(9)12(17)14-6-5-13;/h15H,4-6,13H2,1-3H3,(H,14,17);1H. The molecular formula is C12H20ClN3O2. The zero-order chi connectivity index (χ0) is 13.0. The molecule has 0 atom stereocenters. The summed E-state index contributed by atoms with van der Waals surface area (Å²) >= 11 is 0. The van der Waals surface area contributed by atoms with E-state index in [-0.39, 0.29) is 24.1 Å². The summed E-state index contributed by atoms with van der Waals surface area (Å²) in [5.41, 5.74) is 7.96. The predicted octanol–water partition coefficient (Wildman–Crippen LogP) is 1.20. The number of aromatic nitrogens is 1. The van der Waals surface area contributed by atoms with Crippen LogP contribution in [-0.4, -0.2) is 29.8 Å². The molecule has 0 bridgehead atoms. The van der Waals surface area contributed by atoms with Crippen LogP contribution in [0.1, 0.15) is 46.0 Å². The van der Waals surface area contributed by atoms with Gasteiger partial charge in [-0.3, -0.25) is 9.59 Å². The molecule has 1 aromatic rings. The number of halogens is 1. The monoisotopic (exact) mass is 273 g/mol. The molecule has 0 spiro atoms. The largest absolute Gasteiger partial charge is 0.354 e. The fourth-order valence-electron chi connectivity index (χ4n) is 1.97. The molecule has 0 aromatic carbocycles. The van der Waals surface area contributed by atoms with Crippen LogP contribution in [0.2, 0.25) is 0 Å². The molecule has 0 radical (unpaired) electrons. The fraction of sp³-hybridized carbons (Fsp3) is 0.500. The Bertz CT molecular complexity index is 441. The highest BCUT2D eigenvalue weighted by Gasteiger charge is 2.20. The summed E-state index contributed by atoms with van der Waals surface area (Å²) in [6.45, 7) is 6.06. The van der Waals surface area contributed by atoms with Crippen LogP contribution in [0.4, 0.5) is 0 Å². The Morgan fingerprint density at radius 1 is 1.39 bits per heavy atom. The summed E-state index contributed by atoms with van der Waals surface area (Å²) in [6, 6.07) is 0. The van der Waals surface area contributed by atoms with E-state index in [0.717, 1.165) is 11.3 Å². The number of aromatic amines is 1. The maximum absolute atomic E-state index is 11.9. The number of hydrogen-bond acceptors (Lipinski definition) is 3. The molecule has 6 heteroatoms. The number of carbonyl (C=O) groups excluding carboxylic acids is 2. The number of H-pyrrole nitrogens is 1. The SMILES string of the molecule is CCc1c(C(=O)NCCN)[nH]c(C)c1C(C)=O.Cl. The number of nitrogens with two attached hydrogens (primary N) is 1. The lowest BCUT2D eigenvalue weighted by Gasteiger charge is -2.04. The van der Waals surface area contributed by atoms with Crippen LogP contribution in [0.3, 0.4) is 0 Å². The third-order valence-electron chi connectivity index (χ3n) is 2.65. The van der Waals surface area contributed by atoms with E-state index in [1.807, 2.05) is 6.92 Å². The fourth-order valence-corrected chi connectivity index (χ4v) is 1.97. The van der Waals surface area contributed by atoms with Crippen molar-refractivity contribution in [3.63, 3.8) is 0 Å². The van der Waals surface area contributed by atoms with E-state index >= 15 is 0 Å². The number of carbonyl (C=O) groups is 2. The number of aryl methyl sites for hydroxylation is 1. The number of Topliss-reactive ketones (excluding diaryl/α,β-unsaturated/α-hetero) is 1. The van der Waals surface area contributed by atoms with Crippen molar-refractivity contribution in [2.45, 2.75) is 27.2 Å². The van der Waals surface area contributed by atoms with E-state index in [1.54, 1.807) is 6.92 Å². The summed E-state index contributed by atoms with van der Waals surface area (Å²) in [4.78, 5) is 26.4. The van der Waals surface area contributed by atoms with Crippen LogP contribution >= 0.6 is 12.4 Å². The van der Waals surface area contributed by atoms with E-state index in [4.69, 9.17) is 5.73 Å². The summed E-state index contributed by atoms with van der Waals surface area (Å²) in [5.74, 6) is -0.226. The zero-order valence-electron chi connectivity index (χ0n) is 10.9. The highest BCUT2D eigenvalue weighted by Crippen LogP contribution is 2.20. The van der Waals surface area contributed by atoms with E-state index in [0.29, 0.717) is 30.8 Å². The Kier molecular flexibility index (Phi) is 6.65. The van der Waals surface area contributed by atoms with Gasteiger partial charge in [0.05, 0.1) is 0 Å². The molecule has 102 valence electrons. The normalized spacial score (nSPS) is 9.78. The molecule has 0 aliphatic carbocycles. The summed E-state index contributed by atoms with van der Waals surface area (Å²) in [7, 11) is 0. The van der Waals surface area contributed by atoms with Gasteiger partial charge in [0.2, 0.25) is 0 Å². The minimum atomic E-state index is -0.206. The van der Waals surface area contributed by atoms with Crippen LogP contribution in [0, 0.1) is 6.92 Å². The highest BCUT2D eigenvalue weighted by molar-refractivity contribution is 6.02. The molecule has 1 rings (SSSR count).